The molecule has 0 bridgehead atoms. The third-order valence-electron chi connectivity index (χ3n) is 15.5. The molecule has 3 fully saturated rings. The van der Waals surface area contributed by atoms with Crippen LogP contribution < -0.4 is 10.1 Å². The largest absolute Gasteiger partial charge is 0.489 e. The summed E-state index contributed by atoms with van der Waals surface area (Å²) in [6.45, 7) is 21.2. The van der Waals surface area contributed by atoms with Crippen molar-refractivity contribution in [2.45, 2.75) is 144 Å². The number of carbonyl (C=O) groups is 4. The number of nitriles is 1. The number of Topliss-reactive ketones (excluding diaryl/α,β-unsaturated/α-hetero) is 1. The smallest absolute Gasteiger partial charge is 0.254 e. The molecule has 380 valence electrons. The van der Waals surface area contributed by atoms with Crippen LogP contribution in [0.3, 0.4) is 0 Å². The van der Waals surface area contributed by atoms with E-state index in [1.807, 2.05) is 56.3 Å². The van der Waals surface area contributed by atoms with Crippen LogP contribution in [0.25, 0.3) is 10.4 Å². The number of aliphatic hydroxyl groups is 1. The number of rotatable bonds is 16. The van der Waals surface area contributed by atoms with Gasteiger partial charge in [0.25, 0.3) is 5.91 Å². The van der Waals surface area contributed by atoms with Crippen LogP contribution in [0.15, 0.2) is 66.2 Å². The number of fused-ring (bicyclic) bond motifs is 1. The Labute approximate surface area is 434 Å². The highest BCUT2D eigenvalue weighted by atomic mass is 35.5. The van der Waals surface area contributed by atoms with Crippen molar-refractivity contribution in [2.75, 3.05) is 26.2 Å². The van der Waals surface area contributed by atoms with Crippen LogP contribution >= 0.6 is 22.9 Å². The van der Waals surface area contributed by atoms with Crippen molar-refractivity contribution < 1.29 is 29.0 Å². The molecule has 0 radical (unpaired) electrons. The predicted octanol–water partition coefficient (Wildman–Crippen LogP) is 9.58. The number of thiazole rings is 1. The third kappa shape index (κ3) is 11.0. The summed E-state index contributed by atoms with van der Waals surface area (Å²) in [5, 5.41) is 23.3. The number of likely N-dealkylation sites (tertiary alicyclic amines) is 2. The maximum absolute atomic E-state index is 14.2. The van der Waals surface area contributed by atoms with Gasteiger partial charge in [0.2, 0.25) is 11.8 Å². The van der Waals surface area contributed by atoms with E-state index in [2.05, 4.69) is 92.0 Å². The number of nitrogens with one attached hydrogen (secondary N) is 1. The minimum absolute atomic E-state index is 0.0137. The van der Waals surface area contributed by atoms with E-state index < -0.39 is 23.6 Å². The van der Waals surface area contributed by atoms with Crippen LogP contribution in [-0.4, -0.2) is 105 Å². The van der Waals surface area contributed by atoms with Gasteiger partial charge in [-0.2, -0.15) is 5.26 Å². The summed E-state index contributed by atoms with van der Waals surface area (Å²) in [7, 11) is 0. The van der Waals surface area contributed by atoms with Crippen LogP contribution in [-0.2, 0) is 20.9 Å². The quantitative estimate of drug-likeness (QED) is 0.104. The Balaban J connectivity index is 0.772. The van der Waals surface area contributed by atoms with E-state index in [0.29, 0.717) is 60.2 Å². The van der Waals surface area contributed by atoms with Gasteiger partial charge in [-0.05, 0) is 84.0 Å². The Morgan fingerprint density at radius 1 is 1.01 bits per heavy atom. The Morgan fingerprint density at radius 2 is 1.74 bits per heavy atom. The van der Waals surface area contributed by atoms with Gasteiger partial charge in [0.05, 0.1) is 38.8 Å². The lowest BCUT2D eigenvalue weighted by molar-refractivity contribution is -0.199. The zero-order valence-corrected chi connectivity index (χ0v) is 44.8. The van der Waals surface area contributed by atoms with Crippen LogP contribution in [0.2, 0.25) is 5.02 Å². The molecule has 72 heavy (non-hydrogen) atoms. The van der Waals surface area contributed by atoms with E-state index in [-0.39, 0.29) is 71.8 Å². The number of halogens is 1. The number of ketones is 1. The minimum atomic E-state index is -0.854. The molecule has 2 N–H and O–H groups in total. The summed E-state index contributed by atoms with van der Waals surface area (Å²) in [4.78, 5) is 66.4. The van der Waals surface area contributed by atoms with Crippen molar-refractivity contribution in [1.82, 2.24) is 25.0 Å². The first-order valence-corrected chi connectivity index (χ1v) is 26.6. The fraction of sp³-hybridized carbons (Fsp3) is 0.517. The van der Waals surface area contributed by atoms with E-state index in [1.54, 1.807) is 29.5 Å². The van der Waals surface area contributed by atoms with Gasteiger partial charge in [-0.15, -0.1) is 11.3 Å². The maximum Gasteiger partial charge on any atom is 0.254 e. The lowest BCUT2D eigenvalue weighted by atomic mass is 9.49. The number of hydrogen-bond donors (Lipinski definition) is 2. The average Bonchev–Trinajstić information content (AvgIpc) is 4.02. The number of carbonyl (C=O) groups excluding carboxylic acids is 4. The number of hydrogen-bond acceptors (Lipinski definition) is 10. The van der Waals surface area contributed by atoms with Gasteiger partial charge in [0.15, 0.2) is 5.78 Å². The van der Waals surface area contributed by atoms with Crippen molar-refractivity contribution in [3.05, 3.63) is 105 Å². The van der Waals surface area contributed by atoms with Gasteiger partial charge >= 0.3 is 0 Å². The van der Waals surface area contributed by atoms with E-state index >= 15 is 0 Å². The molecule has 2 saturated heterocycles. The molecule has 4 atom stereocenters. The number of β-amino-alcohol motifs (C(OH)–C–C–N with tert-alkyl or cyclic N) is 1. The second-order valence-corrected chi connectivity index (χ2v) is 24.2. The van der Waals surface area contributed by atoms with E-state index in [4.69, 9.17) is 16.3 Å². The summed E-state index contributed by atoms with van der Waals surface area (Å²) in [5.74, 6) is 7.31. The Kier molecular flexibility index (Phi) is 15.5. The first kappa shape index (κ1) is 52.7. The number of benzene rings is 3. The van der Waals surface area contributed by atoms with Gasteiger partial charge in [0.1, 0.15) is 24.0 Å². The normalized spacial score (nSPS) is 22.2. The number of ether oxygens (including phenoxy) is 1. The summed E-state index contributed by atoms with van der Waals surface area (Å²) in [6, 6.07) is 19.9. The first-order valence-electron chi connectivity index (χ1n) is 25.4. The average molecular weight is 1010 g/mol. The highest BCUT2D eigenvalue weighted by molar-refractivity contribution is 7.13. The summed E-state index contributed by atoms with van der Waals surface area (Å²) >= 11 is 7.94. The number of aryl methyl sites for hydroxylation is 1. The molecule has 8 rings (SSSR count). The SMILES string of the molecule is Cc1ncsc1-c1ccc([C@H](C)CCCC(=O)[C@@H]2C[C@@H](O)CN2C(=O)[C@@H](NC(=O)CCN2CC(CC#Cc3ccc4c(c3)CN([C@H]3C(C)(C)[C@H](Oc5ccc(C#N)c(Cl)c5)C3(C)C)C4=O)C2)C(C)(C)C)cc1. The predicted molar refractivity (Wildman–Crippen MR) is 281 cm³/mol. The van der Waals surface area contributed by atoms with Crippen molar-refractivity contribution in [3.8, 4) is 34.1 Å². The van der Waals surface area contributed by atoms with Crippen molar-refractivity contribution >= 4 is 46.4 Å². The lowest BCUT2D eigenvalue weighted by Crippen LogP contribution is -2.74. The van der Waals surface area contributed by atoms with Gasteiger partial charge < -0.3 is 29.9 Å². The summed E-state index contributed by atoms with van der Waals surface area (Å²) in [6.07, 6.45) is 1.95. The molecule has 1 saturated carbocycles. The second-order valence-electron chi connectivity index (χ2n) is 22.9. The fourth-order valence-electron chi connectivity index (χ4n) is 12.1. The topological polar surface area (TPSA) is 156 Å². The lowest BCUT2D eigenvalue weighted by Gasteiger charge is -2.65. The van der Waals surface area contributed by atoms with Gasteiger partial charge in [-0.25, -0.2) is 4.98 Å². The van der Waals surface area contributed by atoms with E-state index in [0.717, 1.165) is 41.9 Å². The molecule has 12 nitrogen and oxygen atoms in total. The fourth-order valence-corrected chi connectivity index (χ4v) is 13.1. The second kappa shape index (κ2) is 21.1. The highest BCUT2D eigenvalue weighted by Gasteiger charge is 2.67. The molecule has 3 aromatic carbocycles. The number of aliphatic hydroxyl groups excluding tert-OH is 1. The summed E-state index contributed by atoms with van der Waals surface area (Å²) < 4.78 is 6.48. The molecule has 3 aliphatic heterocycles. The van der Waals surface area contributed by atoms with E-state index in [1.165, 1.54) is 15.3 Å². The molecule has 0 spiro atoms. The van der Waals surface area contributed by atoms with Crippen molar-refractivity contribution in [1.29, 1.82) is 5.26 Å². The number of aromatic nitrogens is 1. The minimum Gasteiger partial charge on any atom is -0.489 e. The standard InChI is InChI=1S/C58H69ClN6O6S/c1-35(39-17-19-40(20-18-39)50-36(2)61-34-72-50)12-10-15-48(67)47-27-43(66)33-64(47)53(70)51(56(3,4)5)62-49(68)24-25-63-30-38(31-63)14-11-13-37-16-23-45-42(26-37)32-65(52(45)69)54-57(6,7)55(58(54,8)9)71-44-22-21-41(29-60)46(59)28-44/h16-23,26,28,34-35,38,43,47,51,54-55,66H,10,12,14-15,24-25,27,30-33H2,1-9H3,(H,62,68)/t35-,43-,47+,51-,54-,55-/m1/s1. The zero-order chi connectivity index (χ0) is 51.9. The van der Waals surface area contributed by atoms with Gasteiger partial charge in [-0.1, -0.05) is 103 Å². The molecule has 4 aromatic rings. The van der Waals surface area contributed by atoms with Gasteiger partial charge in [-0.3, -0.25) is 19.2 Å². The molecule has 4 heterocycles. The molecule has 1 aliphatic carbocycles. The molecule has 3 amide bonds. The van der Waals surface area contributed by atoms with Crippen molar-refractivity contribution in [3.63, 3.8) is 0 Å². The molecule has 1 aromatic heterocycles. The first-order chi connectivity index (χ1) is 34.1. The molecule has 14 heteroatoms. The molecular formula is C58H69ClN6O6S. The van der Waals surface area contributed by atoms with Crippen molar-refractivity contribution in [2.24, 2.45) is 22.2 Å². The molecule has 4 aliphatic rings. The number of nitrogens with zero attached hydrogens (tertiary/aromatic N) is 5. The zero-order valence-electron chi connectivity index (χ0n) is 43.2. The molecule has 0 unspecified atom stereocenters. The van der Waals surface area contributed by atoms with E-state index in [9.17, 15) is 29.5 Å². The van der Waals surface area contributed by atoms with Crippen LogP contribution in [0.1, 0.15) is 138 Å². The highest BCUT2D eigenvalue weighted by Crippen LogP contribution is 2.59. The Morgan fingerprint density at radius 3 is 2.39 bits per heavy atom. The summed E-state index contributed by atoms with van der Waals surface area (Å²) in [5.41, 5.74) is 6.83. The Bertz CT molecular complexity index is 2790. The monoisotopic (exact) mass is 1010 g/mol. The number of amides is 3. The third-order valence-corrected chi connectivity index (χ3v) is 16.8. The van der Waals surface area contributed by atoms with Gasteiger partial charge in [0, 0.05) is 92.5 Å². The maximum atomic E-state index is 14.2. The molecular weight excluding hydrogens is 944 g/mol. The van der Waals surface area contributed by atoms with Crippen LogP contribution in [0, 0.1) is 52.3 Å². The van der Waals surface area contributed by atoms with Crippen LogP contribution in [0.5, 0.6) is 5.75 Å². The van der Waals surface area contributed by atoms with Crippen LogP contribution in [0.4, 0.5) is 0 Å². The Hall–Kier alpha value is -5.57.